The lowest BCUT2D eigenvalue weighted by atomic mass is 10.2. The van der Waals surface area contributed by atoms with Crippen LogP contribution in [-0.2, 0) is 6.18 Å². The molecule has 1 aromatic carbocycles. The number of ether oxygens (including phenoxy) is 2. The molecule has 0 aliphatic carbocycles. The summed E-state index contributed by atoms with van der Waals surface area (Å²) in [4.78, 5) is 0. The van der Waals surface area contributed by atoms with Crippen LogP contribution in [0.5, 0.6) is 11.5 Å². The van der Waals surface area contributed by atoms with E-state index >= 15 is 0 Å². The number of hydrogen-bond donors (Lipinski definition) is 0. The van der Waals surface area contributed by atoms with Crippen molar-refractivity contribution in [2.45, 2.75) is 13.1 Å². The molecule has 0 fully saturated rings. The van der Waals surface area contributed by atoms with Crippen LogP contribution in [0.3, 0.4) is 0 Å². The van der Waals surface area contributed by atoms with Gasteiger partial charge in [0, 0.05) is 0 Å². The van der Waals surface area contributed by atoms with Crippen LogP contribution in [0.15, 0.2) is 16.6 Å². The monoisotopic (exact) mass is 298 g/mol. The topological polar surface area (TPSA) is 18.5 Å². The van der Waals surface area contributed by atoms with Crippen molar-refractivity contribution in [3.63, 3.8) is 0 Å². The molecule has 0 atom stereocenters. The Morgan fingerprint density at radius 3 is 2.31 bits per heavy atom. The third-order valence-corrected chi connectivity index (χ3v) is 2.48. The summed E-state index contributed by atoms with van der Waals surface area (Å²) in [5, 5.41) is 0. The van der Waals surface area contributed by atoms with E-state index in [0.717, 1.165) is 6.07 Å². The van der Waals surface area contributed by atoms with Crippen molar-refractivity contribution in [1.29, 1.82) is 0 Å². The molecule has 0 saturated heterocycles. The van der Waals surface area contributed by atoms with Gasteiger partial charge in [-0.25, -0.2) is 0 Å². The minimum Gasteiger partial charge on any atom is -0.496 e. The fourth-order valence-corrected chi connectivity index (χ4v) is 1.67. The molecule has 0 bridgehead atoms. The van der Waals surface area contributed by atoms with E-state index < -0.39 is 11.7 Å². The molecule has 16 heavy (non-hydrogen) atoms. The van der Waals surface area contributed by atoms with Crippen LogP contribution in [0.4, 0.5) is 13.2 Å². The highest BCUT2D eigenvalue weighted by molar-refractivity contribution is 9.10. The molecule has 0 radical (unpaired) electrons. The second-order valence-electron chi connectivity index (χ2n) is 2.91. The largest absolute Gasteiger partial charge is 0.496 e. The molecule has 0 N–H and O–H groups in total. The SMILES string of the molecule is CCOc1cc(Br)c(OC)cc1C(F)(F)F. The van der Waals surface area contributed by atoms with Gasteiger partial charge in [0.1, 0.15) is 17.1 Å². The first-order chi connectivity index (χ1) is 7.40. The molecule has 0 spiro atoms. The van der Waals surface area contributed by atoms with Crippen molar-refractivity contribution in [2.24, 2.45) is 0 Å². The predicted molar refractivity (Wildman–Crippen MR) is 56.9 cm³/mol. The maximum absolute atomic E-state index is 12.7. The normalized spacial score (nSPS) is 11.4. The molecule has 0 aliphatic heterocycles. The van der Waals surface area contributed by atoms with E-state index in [-0.39, 0.29) is 18.1 Å². The lowest BCUT2D eigenvalue weighted by Crippen LogP contribution is -2.09. The Bertz CT molecular complexity index is 377. The van der Waals surface area contributed by atoms with Crippen LogP contribution in [-0.4, -0.2) is 13.7 Å². The molecule has 0 aromatic heterocycles. The van der Waals surface area contributed by atoms with Gasteiger partial charge in [0.15, 0.2) is 0 Å². The zero-order valence-electron chi connectivity index (χ0n) is 8.69. The van der Waals surface area contributed by atoms with Gasteiger partial charge in [0.05, 0.1) is 18.2 Å². The fourth-order valence-electron chi connectivity index (χ4n) is 1.19. The first kappa shape index (κ1) is 13.2. The molecule has 0 saturated carbocycles. The van der Waals surface area contributed by atoms with Crippen molar-refractivity contribution < 1.29 is 22.6 Å². The Balaban J connectivity index is 3.31. The smallest absolute Gasteiger partial charge is 0.420 e. The summed E-state index contributed by atoms with van der Waals surface area (Å²) in [6.45, 7) is 1.79. The minimum atomic E-state index is -4.46. The van der Waals surface area contributed by atoms with Crippen LogP contribution < -0.4 is 9.47 Å². The maximum atomic E-state index is 12.7. The van der Waals surface area contributed by atoms with Gasteiger partial charge in [-0.15, -0.1) is 0 Å². The zero-order chi connectivity index (χ0) is 12.3. The summed E-state index contributed by atoms with van der Waals surface area (Å²) in [7, 11) is 1.31. The molecule has 0 amide bonds. The Morgan fingerprint density at radius 1 is 1.25 bits per heavy atom. The van der Waals surface area contributed by atoms with E-state index in [2.05, 4.69) is 15.9 Å². The molecule has 6 heteroatoms. The predicted octanol–water partition coefficient (Wildman–Crippen LogP) is 3.88. The fraction of sp³-hybridized carbons (Fsp3) is 0.400. The number of alkyl halides is 3. The van der Waals surface area contributed by atoms with Crippen LogP contribution in [0.1, 0.15) is 12.5 Å². The standard InChI is InChI=1S/C10H10BrF3O2/c1-3-16-8-5-7(11)9(15-2)4-6(8)10(12,13)14/h4-5H,3H2,1-2H3. The summed E-state index contributed by atoms with van der Waals surface area (Å²) in [5.41, 5.74) is -0.839. The van der Waals surface area contributed by atoms with Crippen molar-refractivity contribution in [3.05, 3.63) is 22.2 Å². The van der Waals surface area contributed by atoms with Gasteiger partial charge < -0.3 is 9.47 Å². The van der Waals surface area contributed by atoms with E-state index in [1.165, 1.54) is 13.2 Å². The Morgan fingerprint density at radius 2 is 1.88 bits per heavy atom. The van der Waals surface area contributed by atoms with Crippen molar-refractivity contribution >= 4 is 15.9 Å². The van der Waals surface area contributed by atoms with Crippen molar-refractivity contribution in [2.75, 3.05) is 13.7 Å². The number of benzene rings is 1. The van der Waals surface area contributed by atoms with Crippen LogP contribution in [0, 0.1) is 0 Å². The summed E-state index contributed by atoms with van der Waals surface area (Å²) < 4.78 is 48.2. The zero-order valence-corrected chi connectivity index (χ0v) is 10.3. The maximum Gasteiger partial charge on any atom is 0.420 e. The summed E-state index contributed by atoms with van der Waals surface area (Å²) in [5.74, 6) is -0.0848. The Kier molecular flexibility index (Phi) is 4.07. The average molecular weight is 299 g/mol. The van der Waals surface area contributed by atoms with E-state index in [9.17, 15) is 13.2 Å². The molecular weight excluding hydrogens is 289 g/mol. The molecule has 90 valence electrons. The Hall–Kier alpha value is -0.910. The van der Waals surface area contributed by atoms with Gasteiger partial charge in [-0.2, -0.15) is 13.2 Å². The molecule has 2 nitrogen and oxygen atoms in total. The molecule has 1 rings (SSSR count). The highest BCUT2D eigenvalue weighted by atomic mass is 79.9. The third kappa shape index (κ3) is 2.81. The van der Waals surface area contributed by atoms with E-state index in [0.29, 0.717) is 4.47 Å². The lowest BCUT2D eigenvalue weighted by Gasteiger charge is -2.15. The lowest BCUT2D eigenvalue weighted by molar-refractivity contribution is -0.139. The molecular formula is C10H10BrF3O2. The van der Waals surface area contributed by atoms with Gasteiger partial charge in [-0.1, -0.05) is 0 Å². The number of hydrogen-bond acceptors (Lipinski definition) is 2. The van der Waals surface area contributed by atoms with E-state index in [4.69, 9.17) is 9.47 Å². The van der Waals surface area contributed by atoms with Gasteiger partial charge in [0.25, 0.3) is 0 Å². The quantitative estimate of drug-likeness (QED) is 0.843. The number of rotatable bonds is 3. The number of halogens is 4. The van der Waals surface area contributed by atoms with Crippen LogP contribution in [0.25, 0.3) is 0 Å². The van der Waals surface area contributed by atoms with Gasteiger partial charge in [-0.05, 0) is 35.0 Å². The second-order valence-corrected chi connectivity index (χ2v) is 3.77. The number of methoxy groups -OCH3 is 1. The first-order valence-electron chi connectivity index (χ1n) is 4.47. The highest BCUT2D eigenvalue weighted by Gasteiger charge is 2.35. The molecule has 0 heterocycles. The van der Waals surface area contributed by atoms with E-state index in [1.807, 2.05) is 0 Å². The Labute approximate surface area is 99.5 Å². The molecule has 1 aromatic rings. The van der Waals surface area contributed by atoms with Crippen molar-refractivity contribution in [1.82, 2.24) is 0 Å². The van der Waals surface area contributed by atoms with E-state index in [1.54, 1.807) is 6.92 Å². The summed E-state index contributed by atoms with van der Waals surface area (Å²) in [6, 6.07) is 2.17. The van der Waals surface area contributed by atoms with Crippen LogP contribution >= 0.6 is 15.9 Å². The highest BCUT2D eigenvalue weighted by Crippen LogP contribution is 2.41. The average Bonchev–Trinajstić information content (AvgIpc) is 2.16. The van der Waals surface area contributed by atoms with Gasteiger partial charge in [0.2, 0.25) is 0 Å². The minimum absolute atomic E-state index is 0.121. The first-order valence-corrected chi connectivity index (χ1v) is 5.27. The second kappa shape index (κ2) is 4.95. The van der Waals surface area contributed by atoms with Gasteiger partial charge >= 0.3 is 6.18 Å². The molecule has 0 unspecified atom stereocenters. The molecule has 0 aliphatic rings. The van der Waals surface area contributed by atoms with Crippen molar-refractivity contribution in [3.8, 4) is 11.5 Å². The summed E-state index contributed by atoms with van der Waals surface area (Å²) >= 11 is 3.11. The third-order valence-electron chi connectivity index (χ3n) is 1.86. The van der Waals surface area contributed by atoms with Crippen LogP contribution in [0.2, 0.25) is 0 Å². The summed E-state index contributed by atoms with van der Waals surface area (Å²) in [6.07, 6.45) is -4.46. The van der Waals surface area contributed by atoms with Gasteiger partial charge in [-0.3, -0.25) is 0 Å².